The van der Waals surface area contributed by atoms with E-state index in [1.807, 2.05) is 37.3 Å². The average molecular weight is 289 g/mol. The van der Waals surface area contributed by atoms with Crippen molar-refractivity contribution in [3.05, 3.63) is 59.7 Å². The van der Waals surface area contributed by atoms with Gasteiger partial charge in [-0.1, -0.05) is 36.4 Å². The van der Waals surface area contributed by atoms with Crippen LogP contribution in [0.3, 0.4) is 0 Å². The maximum atomic E-state index is 12.3. The van der Waals surface area contributed by atoms with Gasteiger partial charge in [-0.3, -0.25) is 0 Å². The van der Waals surface area contributed by atoms with E-state index in [2.05, 4.69) is 0 Å². The molecule has 4 heteroatoms. The quantitative estimate of drug-likeness (QED) is 0.861. The van der Waals surface area contributed by atoms with Gasteiger partial charge in [0.05, 0.1) is 16.3 Å². The Morgan fingerprint density at radius 2 is 1.75 bits per heavy atom. The summed E-state index contributed by atoms with van der Waals surface area (Å²) >= 11 is 0. The van der Waals surface area contributed by atoms with E-state index in [0.717, 1.165) is 17.5 Å². The summed E-state index contributed by atoms with van der Waals surface area (Å²) in [7, 11) is -3.30. The number of rotatable bonds is 5. The molecule has 2 rings (SSSR count). The van der Waals surface area contributed by atoms with Crippen LogP contribution >= 0.6 is 0 Å². The van der Waals surface area contributed by atoms with Crippen molar-refractivity contribution in [1.82, 2.24) is 0 Å². The first-order valence-electron chi connectivity index (χ1n) is 6.62. The second kappa shape index (κ2) is 6.09. The summed E-state index contributed by atoms with van der Waals surface area (Å²) in [5.41, 5.74) is 8.26. The Morgan fingerprint density at radius 1 is 1.05 bits per heavy atom. The van der Waals surface area contributed by atoms with Crippen LogP contribution < -0.4 is 5.73 Å². The maximum Gasteiger partial charge on any atom is 0.180 e. The number of nitrogen functional groups attached to an aromatic ring is 1. The molecule has 2 aromatic rings. The van der Waals surface area contributed by atoms with E-state index >= 15 is 0 Å². The molecule has 0 saturated carbocycles. The second-order valence-electron chi connectivity index (χ2n) is 4.95. The van der Waals surface area contributed by atoms with Crippen LogP contribution in [0, 0.1) is 6.92 Å². The lowest BCUT2D eigenvalue weighted by molar-refractivity contribution is 0.593. The van der Waals surface area contributed by atoms with E-state index in [1.165, 1.54) is 0 Å². The number of sulfone groups is 1. The molecule has 0 saturated heterocycles. The number of hydrogen-bond donors (Lipinski definition) is 1. The fourth-order valence-electron chi connectivity index (χ4n) is 2.17. The highest BCUT2D eigenvalue weighted by atomic mass is 32.2. The van der Waals surface area contributed by atoms with Crippen LogP contribution in [0.5, 0.6) is 0 Å². The first kappa shape index (κ1) is 14.6. The zero-order chi connectivity index (χ0) is 14.6. The molecule has 0 atom stereocenters. The lowest BCUT2D eigenvalue weighted by Crippen LogP contribution is -2.10. The Labute approximate surface area is 120 Å². The van der Waals surface area contributed by atoms with Crippen LogP contribution in [0.25, 0.3) is 0 Å². The highest BCUT2D eigenvalue weighted by Gasteiger charge is 2.17. The van der Waals surface area contributed by atoms with Crippen LogP contribution in [-0.4, -0.2) is 14.2 Å². The minimum absolute atomic E-state index is 0.120. The van der Waals surface area contributed by atoms with Gasteiger partial charge in [-0.2, -0.15) is 0 Å². The minimum Gasteiger partial charge on any atom is -0.398 e. The number of benzene rings is 2. The fourth-order valence-corrected chi connectivity index (χ4v) is 3.61. The van der Waals surface area contributed by atoms with Gasteiger partial charge in [0, 0.05) is 0 Å². The molecule has 0 aliphatic carbocycles. The normalized spacial score (nSPS) is 11.4. The SMILES string of the molecule is Cc1ccc(S(=O)(=O)CCCc2ccccc2)c(N)c1. The largest absolute Gasteiger partial charge is 0.398 e. The molecule has 106 valence electrons. The molecule has 0 amide bonds. The smallest absolute Gasteiger partial charge is 0.180 e. The van der Waals surface area contributed by atoms with Crippen molar-refractivity contribution in [3.8, 4) is 0 Å². The molecule has 0 aromatic heterocycles. The molecule has 0 spiro atoms. The zero-order valence-corrected chi connectivity index (χ0v) is 12.4. The first-order valence-corrected chi connectivity index (χ1v) is 8.27. The molecule has 0 heterocycles. The molecule has 0 aliphatic heterocycles. The van der Waals surface area contributed by atoms with E-state index < -0.39 is 9.84 Å². The van der Waals surface area contributed by atoms with E-state index in [1.54, 1.807) is 18.2 Å². The van der Waals surface area contributed by atoms with Crippen LogP contribution in [0.4, 0.5) is 5.69 Å². The fraction of sp³-hybridized carbons (Fsp3) is 0.250. The number of aryl methyl sites for hydroxylation is 2. The Hall–Kier alpha value is -1.81. The van der Waals surface area contributed by atoms with Crippen LogP contribution in [0.15, 0.2) is 53.4 Å². The van der Waals surface area contributed by atoms with Crippen molar-refractivity contribution >= 4 is 15.5 Å². The summed E-state index contributed by atoms with van der Waals surface area (Å²) in [6.07, 6.45) is 1.35. The van der Waals surface area contributed by atoms with Gasteiger partial charge in [0.1, 0.15) is 0 Å². The highest BCUT2D eigenvalue weighted by molar-refractivity contribution is 7.91. The van der Waals surface area contributed by atoms with Crippen molar-refractivity contribution in [1.29, 1.82) is 0 Å². The summed E-state index contributed by atoms with van der Waals surface area (Å²) in [5, 5.41) is 0. The summed E-state index contributed by atoms with van der Waals surface area (Å²) in [6.45, 7) is 1.89. The van der Waals surface area contributed by atoms with Gasteiger partial charge in [0.2, 0.25) is 0 Å². The number of anilines is 1. The summed E-state index contributed by atoms with van der Waals surface area (Å²) in [4.78, 5) is 0.246. The zero-order valence-electron chi connectivity index (χ0n) is 11.5. The molecule has 0 radical (unpaired) electrons. The summed E-state index contributed by atoms with van der Waals surface area (Å²) < 4.78 is 24.5. The van der Waals surface area contributed by atoms with Gasteiger partial charge in [-0.05, 0) is 43.0 Å². The van der Waals surface area contributed by atoms with Gasteiger partial charge in [0.25, 0.3) is 0 Å². The molecule has 0 unspecified atom stereocenters. The third-order valence-electron chi connectivity index (χ3n) is 3.22. The standard InChI is InChI=1S/C16H19NO2S/c1-13-9-10-16(15(17)12-13)20(18,19)11-5-8-14-6-3-2-4-7-14/h2-4,6-7,9-10,12H,5,8,11,17H2,1H3. The molecule has 2 N–H and O–H groups in total. The van der Waals surface area contributed by atoms with Gasteiger partial charge >= 0.3 is 0 Å². The monoisotopic (exact) mass is 289 g/mol. The Morgan fingerprint density at radius 3 is 2.40 bits per heavy atom. The van der Waals surface area contributed by atoms with Crippen molar-refractivity contribution < 1.29 is 8.42 Å². The topological polar surface area (TPSA) is 60.2 Å². The molecular formula is C16H19NO2S. The Bertz CT molecular complexity index is 679. The van der Waals surface area contributed by atoms with E-state index in [0.29, 0.717) is 12.1 Å². The van der Waals surface area contributed by atoms with Crippen molar-refractivity contribution in [3.63, 3.8) is 0 Å². The van der Waals surface area contributed by atoms with Crippen LogP contribution in [-0.2, 0) is 16.3 Å². The minimum atomic E-state index is -3.30. The summed E-state index contributed by atoms with van der Waals surface area (Å²) in [6, 6.07) is 15.0. The van der Waals surface area contributed by atoms with Crippen molar-refractivity contribution in [2.75, 3.05) is 11.5 Å². The molecular weight excluding hydrogens is 270 g/mol. The van der Waals surface area contributed by atoms with Crippen LogP contribution in [0.2, 0.25) is 0 Å². The Kier molecular flexibility index (Phi) is 4.45. The lowest BCUT2D eigenvalue weighted by atomic mass is 10.1. The highest BCUT2D eigenvalue weighted by Crippen LogP contribution is 2.21. The van der Waals surface area contributed by atoms with E-state index in [9.17, 15) is 8.42 Å². The summed E-state index contributed by atoms with van der Waals surface area (Å²) in [5.74, 6) is 0.120. The van der Waals surface area contributed by atoms with Crippen LogP contribution in [0.1, 0.15) is 17.5 Å². The van der Waals surface area contributed by atoms with E-state index in [4.69, 9.17) is 5.73 Å². The Balaban J connectivity index is 2.04. The first-order chi connectivity index (χ1) is 9.49. The average Bonchev–Trinajstić information content (AvgIpc) is 2.39. The number of nitrogens with two attached hydrogens (primary N) is 1. The molecule has 0 fully saturated rings. The predicted octanol–water partition coefficient (Wildman–Crippen LogP) is 2.98. The molecule has 0 aliphatic rings. The van der Waals surface area contributed by atoms with Crippen molar-refractivity contribution in [2.45, 2.75) is 24.7 Å². The van der Waals surface area contributed by atoms with Gasteiger partial charge in [0.15, 0.2) is 9.84 Å². The number of hydrogen-bond acceptors (Lipinski definition) is 3. The van der Waals surface area contributed by atoms with Gasteiger partial charge in [-0.15, -0.1) is 0 Å². The predicted molar refractivity (Wildman–Crippen MR) is 82.4 cm³/mol. The van der Waals surface area contributed by atoms with E-state index in [-0.39, 0.29) is 10.6 Å². The van der Waals surface area contributed by atoms with Gasteiger partial charge < -0.3 is 5.73 Å². The maximum absolute atomic E-state index is 12.3. The third kappa shape index (κ3) is 3.61. The molecule has 20 heavy (non-hydrogen) atoms. The lowest BCUT2D eigenvalue weighted by Gasteiger charge is -2.08. The molecule has 0 bridgehead atoms. The molecule has 2 aromatic carbocycles. The van der Waals surface area contributed by atoms with Gasteiger partial charge in [-0.25, -0.2) is 8.42 Å². The van der Waals surface area contributed by atoms with Crippen molar-refractivity contribution in [2.24, 2.45) is 0 Å². The molecule has 3 nitrogen and oxygen atoms in total. The second-order valence-corrected chi connectivity index (χ2v) is 7.03. The third-order valence-corrected chi connectivity index (χ3v) is 5.09.